The molecule has 2 aromatic carbocycles. The minimum atomic E-state index is -3.16. The van der Waals surface area contributed by atoms with Gasteiger partial charge in [0, 0.05) is 18.2 Å². The van der Waals surface area contributed by atoms with Gasteiger partial charge in [0.25, 0.3) is 5.91 Å². The number of ether oxygens (including phenoxy) is 1. The molecule has 2 amide bonds. The fourth-order valence-electron chi connectivity index (χ4n) is 4.68. The van der Waals surface area contributed by atoms with Crippen molar-refractivity contribution in [2.45, 2.75) is 43.8 Å². The zero-order valence-corrected chi connectivity index (χ0v) is 24.3. The lowest BCUT2D eigenvalue weighted by molar-refractivity contribution is -0.129. The third kappa shape index (κ3) is 6.93. The zero-order valence-electron chi connectivity index (χ0n) is 23.6. The molecular formula is C28H25ClF5N9O3. The molecule has 4 atom stereocenters. The molecule has 1 fully saturated rings. The summed E-state index contributed by atoms with van der Waals surface area (Å²) in [5, 5.41) is 9.66. The Balaban J connectivity index is 1.44. The number of nitrogens with two attached hydrogens (primary N) is 1. The summed E-state index contributed by atoms with van der Waals surface area (Å²) in [5.74, 6) is -0.916. The largest absolute Gasteiger partial charge is 0.447 e. The molecule has 3 aromatic rings. The molecule has 46 heavy (non-hydrogen) atoms. The van der Waals surface area contributed by atoms with Gasteiger partial charge in [-0.3, -0.25) is 14.7 Å². The van der Waals surface area contributed by atoms with E-state index in [2.05, 4.69) is 32.2 Å². The minimum Gasteiger partial charge on any atom is -0.447 e. The highest BCUT2D eigenvalue weighted by molar-refractivity contribution is 6.33. The van der Waals surface area contributed by atoms with E-state index in [1.54, 1.807) is 24.3 Å². The number of aromatic nitrogens is 2. The number of carbonyl (C=O) groups is 2. The Kier molecular flexibility index (Phi) is 9.50. The van der Waals surface area contributed by atoms with E-state index >= 15 is 0 Å². The van der Waals surface area contributed by atoms with E-state index in [4.69, 9.17) is 22.1 Å². The number of rotatable bonds is 12. The second-order valence-corrected chi connectivity index (χ2v) is 10.5. The van der Waals surface area contributed by atoms with Gasteiger partial charge in [-0.15, -0.1) is 0 Å². The van der Waals surface area contributed by atoms with Crippen molar-refractivity contribution < 1.29 is 36.3 Å². The van der Waals surface area contributed by atoms with Crippen molar-refractivity contribution in [1.82, 2.24) is 20.0 Å². The lowest BCUT2D eigenvalue weighted by atomic mass is 10.0. The molecule has 0 saturated heterocycles. The van der Waals surface area contributed by atoms with Crippen molar-refractivity contribution in [2.24, 2.45) is 20.8 Å². The average Bonchev–Trinajstić information content (AvgIpc) is 3.37. The van der Waals surface area contributed by atoms with Crippen LogP contribution >= 0.6 is 11.6 Å². The first kappa shape index (κ1) is 32.3. The molecule has 2 aliphatic rings. The number of nitrogens with zero attached hydrogens (tertiary/aromatic N) is 7. The number of alkyl halides is 5. The van der Waals surface area contributed by atoms with Gasteiger partial charge in [-0.1, -0.05) is 41.9 Å². The molecule has 5 rings (SSSR count). The van der Waals surface area contributed by atoms with Gasteiger partial charge in [-0.25, -0.2) is 23.9 Å². The van der Waals surface area contributed by atoms with E-state index in [1.807, 2.05) is 0 Å². The van der Waals surface area contributed by atoms with Crippen LogP contribution in [0.1, 0.15) is 36.2 Å². The molecule has 0 spiro atoms. The van der Waals surface area contributed by atoms with E-state index in [9.17, 15) is 31.5 Å². The summed E-state index contributed by atoms with van der Waals surface area (Å²) in [4.78, 5) is 34.9. The maximum atomic E-state index is 13.9. The van der Waals surface area contributed by atoms with Crippen LogP contribution in [0.25, 0.3) is 11.1 Å². The molecule has 4 unspecified atom stereocenters. The summed E-state index contributed by atoms with van der Waals surface area (Å²) >= 11 is 6.22. The smallest absolute Gasteiger partial charge is 0.407 e. The third-order valence-electron chi connectivity index (χ3n) is 7.08. The molecule has 0 radical (unpaired) electrons. The van der Waals surface area contributed by atoms with Crippen molar-refractivity contribution in [3.8, 4) is 11.1 Å². The Morgan fingerprint density at radius 1 is 1.22 bits per heavy atom. The minimum absolute atomic E-state index is 0.127. The predicted molar refractivity (Wildman–Crippen MR) is 159 cm³/mol. The Hall–Kier alpha value is -5.06. The Morgan fingerprint density at radius 2 is 1.93 bits per heavy atom. The molecule has 1 aliphatic heterocycles. The van der Waals surface area contributed by atoms with E-state index in [0.717, 1.165) is 11.2 Å². The molecule has 1 aliphatic carbocycles. The fourth-order valence-corrected chi connectivity index (χ4v) is 4.88. The molecule has 2 heterocycles. The highest BCUT2D eigenvalue weighted by atomic mass is 35.5. The van der Waals surface area contributed by atoms with Crippen molar-refractivity contribution in [3.63, 3.8) is 0 Å². The monoisotopic (exact) mass is 665 g/mol. The first-order valence-corrected chi connectivity index (χ1v) is 13.9. The third-order valence-corrected chi connectivity index (χ3v) is 7.40. The van der Waals surface area contributed by atoms with Gasteiger partial charge in [-0.2, -0.15) is 27.8 Å². The highest BCUT2D eigenvalue weighted by Gasteiger charge is 2.42. The van der Waals surface area contributed by atoms with E-state index in [1.165, 1.54) is 30.6 Å². The van der Waals surface area contributed by atoms with E-state index < -0.39 is 56.0 Å². The summed E-state index contributed by atoms with van der Waals surface area (Å²) < 4.78 is 72.8. The second kappa shape index (κ2) is 13.5. The Bertz CT molecular complexity index is 1670. The molecule has 1 aromatic heterocycles. The summed E-state index contributed by atoms with van der Waals surface area (Å²) in [5.41, 5.74) is 7.46. The quantitative estimate of drug-likeness (QED) is 0.0912. The normalized spacial score (nSPS) is 19.9. The standard InChI is InChI=1S/C28H25ClF5N9O3/c1-36-13-38-43(26(33)34)21-8-16(6-7-18(21)29)22(12-46-28(45)39-20-9-19(20)30)42-24(44)23(40-27(42)35)15-4-2-14(3-5-15)17-10-37-41(11-17)25(31)32/h2-8,10-11,13,19-20,22-23,25-26H,1,9,12H2,(H2,35,40)(H,39,45)/b38-13-. The van der Waals surface area contributed by atoms with Crippen LogP contribution in [-0.2, 0) is 9.53 Å². The summed E-state index contributed by atoms with van der Waals surface area (Å²) in [7, 11) is 0. The lowest BCUT2D eigenvalue weighted by Gasteiger charge is -2.29. The summed E-state index contributed by atoms with van der Waals surface area (Å²) in [6.07, 6.45) is 1.18. The SMILES string of the molecule is C=N/C=N\N(c1cc(C(COC(=O)NC2CC2F)N2C(=O)C(c3ccc(-c4cnn(C(F)F)c4)cc3)N=C2N)ccc1Cl)C(F)F. The molecule has 242 valence electrons. The van der Waals surface area contributed by atoms with E-state index in [0.29, 0.717) is 21.4 Å². The zero-order chi connectivity index (χ0) is 33.1. The van der Waals surface area contributed by atoms with Gasteiger partial charge >= 0.3 is 19.2 Å². The topological polar surface area (TPSA) is 143 Å². The van der Waals surface area contributed by atoms with Gasteiger partial charge in [-0.05, 0) is 35.5 Å². The van der Waals surface area contributed by atoms with Crippen LogP contribution in [0.15, 0.2) is 69.9 Å². The summed E-state index contributed by atoms with van der Waals surface area (Å²) in [6.45, 7) is -3.33. The number of guanidine groups is 1. The van der Waals surface area contributed by atoms with E-state index in [-0.39, 0.29) is 33.7 Å². The molecule has 3 N–H and O–H groups in total. The number of halogens is 6. The van der Waals surface area contributed by atoms with Crippen molar-refractivity contribution in [1.29, 1.82) is 0 Å². The Labute approximate surface area is 263 Å². The maximum absolute atomic E-state index is 13.9. The first-order chi connectivity index (χ1) is 22.0. The number of carbonyl (C=O) groups excluding carboxylic acids is 2. The fraction of sp³-hybridized carbons (Fsp3) is 0.286. The van der Waals surface area contributed by atoms with Gasteiger partial charge in [0.1, 0.15) is 19.1 Å². The number of hydrogen-bond acceptors (Lipinski definition) is 8. The van der Waals surface area contributed by atoms with Crippen LogP contribution in [0.2, 0.25) is 5.02 Å². The van der Waals surface area contributed by atoms with Crippen LogP contribution in [-0.4, -0.2) is 71.1 Å². The summed E-state index contributed by atoms with van der Waals surface area (Å²) in [6, 6.07) is 7.15. The number of nitrogens with one attached hydrogen (secondary N) is 1. The number of benzene rings is 2. The van der Waals surface area contributed by atoms with Gasteiger partial charge in [0.2, 0.25) is 0 Å². The lowest BCUT2D eigenvalue weighted by Crippen LogP contribution is -2.43. The van der Waals surface area contributed by atoms with Crippen LogP contribution in [0.3, 0.4) is 0 Å². The Morgan fingerprint density at radius 3 is 2.54 bits per heavy atom. The highest BCUT2D eigenvalue weighted by Crippen LogP contribution is 2.37. The number of aliphatic imine (C=N–C) groups is 2. The number of hydrazone groups is 1. The molecular weight excluding hydrogens is 641 g/mol. The maximum Gasteiger partial charge on any atom is 0.407 e. The van der Waals surface area contributed by atoms with Gasteiger partial charge in [0.15, 0.2) is 12.0 Å². The predicted octanol–water partition coefficient (Wildman–Crippen LogP) is 5.05. The molecule has 18 heteroatoms. The van der Waals surface area contributed by atoms with Crippen molar-refractivity contribution >= 4 is 48.3 Å². The second-order valence-electron chi connectivity index (χ2n) is 10.1. The van der Waals surface area contributed by atoms with Crippen LogP contribution in [0, 0.1) is 0 Å². The van der Waals surface area contributed by atoms with Crippen molar-refractivity contribution in [3.05, 3.63) is 71.0 Å². The van der Waals surface area contributed by atoms with Crippen molar-refractivity contribution in [2.75, 3.05) is 11.6 Å². The molecule has 12 nitrogen and oxygen atoms in total. The first-order valence-electron chi connectivity index (χ1n) is 13.5. The number of anilines is 1. The number of alkyl carbamates (subject to hydrolysis) is 1. The van der Waals surface area contributed by atoms with Crippen LogP contribution < -0.4 is 16.1 Å². The van der Waals surface area contributed by atoms with Crippen LogP contribution in [0.5, 0.6) is 0 Å². The van der Waals surface area contributed by atoms with Crippen LogP contribution in [0.4, 0.5) is 32.4 Å². The molecule has 0 bridgehead atoms. The van der Waals surface area contributed by atoms with Gasteiger partial charge in [0.05, 0.1) is 29.0 Å². The van der Waals surface area contributed by atoms with Gasteiger partial charge < -0.3 is 15.8 Å². The average molecular weight is 666 g/mol. The number of hydrogen-bond donors (Lipinski definition) is 2. The number of amides is 2. The molecule has 1 saturated carbocycles.